The summed E-state index contributed by atoms with van der Waals surface area (Å²) < 4.78 is 0.787. The number of H-pyrrole nitrogens is 2. The van der Waals surface area contributed by atoms with Gasteiger partial charge in [0.05, 0.1) is 0 Å². The predicted molar refractivity (Wildman–Crippen MR) is 70.3 cm³/mol. The molecule has 2 N–H and O–H groups in total. The number of nitrogens with one attached hydrogen (secondary N) is 2. The lowest BCUT2D eigenvalue weighted by Gasteiger charge is -2.21. The van der Waals surface area contributed by atoms with E-state index in [4.69, 9.17) is 12.2 Å². The molecule has 1 saturated carbocycles. The maximum atomic E-state index is 5.20. The maximum Gasteiger partial charge on any atom is 0.174 e. The third kappa shape index (κ3) is 2.76. The molecule has 2 nitrogen and oxygen atoms in total. The van der Waals surface area contributed by atoms with Crippen LogP contribution in [0.4, 0.5) is 0 Å². The lowest BCUT2D eigenvalue weighted by atomic mass is 9.85. The van der Waals surface area contributed by atoms with Crippen LogP contribution in [0, 0.1) is 10.7 Å². The number of hydrogen-bond donors (Lipinski definition) is 2. The van der Waals surface area contributed by atoms with Gasteiger partial charge in [-0.25, -0.2) is 0 Å². The second-order valence-electron chi connectivity index (χ2n) is 5.33. The molecule has 0 radical (unpaired) electrons. The Balaban J connectivity index is 2.10. The standard InChI is InChI=1S/C13H22N2S/c1-9(2)12-11(14-13(16)15-12)8-10-6-4-3-5-7-10/h9-10H,3-8H2,1-2H3,(H2,14,15,16). The van der Waals surface area contributed by atoms with E-state index in [0.717, 1.165) is 10.7 Å². The summed E-state index contributed by atoms with van der Waals surface area (Å²) in [5.41, 5.74) is 2.67. The summed E-state index contributed by atoms with van der Waals surface area (Å²) in [4.78, 5) is 6.63. The van der Waals surface area contributed by atoms with E-state index in [-0.39, 0.29) is 0 Å². The Morgan fingerprint density at radius 1 is 1.19 bits per heavy atom. The van der Waals surface area contributed by atoms with Crippen LogP contribution in [0.2, 0.25) is 0 Å². The molecule has 0 amide bonds. The van der Waals surface area contributed by atoms with Crippen molar-refractivity contribution in [2.45, 2.75) is 58.3 Å². The summed E-state index contributed by atoms with van der Waals surface area (Å²) in [7, 11) is 0. The quantitative estimate of drug-likeness (QED) is 0.755. The molecular formula is C13H22N2S. The Kier molecular flexibility index (Phi) is 3.85. The van der Waals surface area contributed by atoms with E-state index in [0.29, 0.717) is 5.92 Å². The lowest BCUT2D eigenvalue weighted by Crippen LogP contribution is -2.11. The van der Waals surface area contributed by atoms with E-state index in [1.54, 1.807) is 0 Å². The van der Waals surface area contributed by atoms with Gasteiger partial charge >= 0.3 is 0 Å². The summed E-state index contributed by atoms with van der Waals surface area (Å²) in [5, 5.41) is 0. The van der Waals surface area contributed by atoms with Gasteiger partial charge in [-0.1, -0.05) is 46.0 Å². The number of rotatable bonds is 3. The van der Waals surface area contributed by atoms with Gasteiger partial charge in [-0.05, 0) is 30.5 Å². The van der Waals surface area contributed by atoms with Crippen LogP contribution in [0.3, 0.4) is 0 Å². The van der Waals surface area contributed by atoms with Crippen molar-refractivity contribution < 1.29 is 0 Å². The SMILES string of the molecule is CC(C)c1[nH]c(=S)[nH]c1CC1CCCCC1. The van der Waals surface area contributed by atoms with Crippen LogP contribution >= 0.6 is 12.2 Å². The zero-order chi connectivity index (χ0) is 11.5. The van der Waals surface area contributed by atoms with Crippen molar-refractivity contribution in [2.75, 3.05) is 0 Å². The maximum absolute atomic E-state index is 5.20. The molecule has 16 heavy (non-hydrogen) atoms. The molecule has 1 heterocycles. The zero-order valence-electron chi connectivity index (χ0n) is 10.3. The van der Waals surface area contributed by atoms with Crippen molar-refractivity contribution in [3.63, 3.8) is 0 Å². The minimum atomic E-state index is 0.534. The molecule has 1 aromatic heterocycles. The van der Waals surface area contributed by atoms with Gasteiger partial charge < -0.3 is 9.97 Å². The highest BCUT2D eigenvalue weighted by Crippen LogP contribution is 2.28. The summed E-state index contributed by atoms with van der Waals surface area (Å²) in [5.74, 6) is 1.40. The van der Waals surface area contributed by atoms with E-state index < -0.39 is 0 Å². The largest absolute Gasteiger partial charge is 0.334 e. The lowest BCUT2D eigenvalue weighted by molar-refractivity contribution is 0.353. The van der Waals surface area contributed by atoms with Gasteiger partial charge in [0.1, 0.15) is 0 Å². The van der Waals surface area contributed by atoms with Crippen molar-refractivity contribution in [3.8, 4) is 0 Å². The normalized spacial score (nSPS) is 18.2. The van der Waals surface area contributed by atoms with E-state index >= 15 is 0 Å². The third-order valence-electron chi connectivity index (χ3n) is 3.63. The minimum Gasteiger partial charge on any atom is -0.334 e. The molecule has 0 saturated heterocycles. The summed E-state index contributed by atoms with van der Waals surface area (Å²) in [6, 6.07) is 0. The molecule has 90 valence electrons. The fourth-order valence-corrected chi connectivity index (χ4v) is 3.00. The monoisotopic (exact) mass is 238 g/mol. The molecule has 0 unspecified atom stereocenters. The average molecular weight is 238 g/mol. The van der Waals surface area contributed by atoms with E-state index in [1.165, 1.54) is 49.9 Å². The van der Waals surface area contributed by atoms with Gasteiger partial charge in [0.2, 0.25) is 0 Å². The Morgan fingerprint density at radius 3 is 2.50 bits per heavy atom. The van der Waals surface area contributed by atoms with E-state index in [9.17, 15) is 0 Å². The van der Waals surface area contributed by atoms with Crippen LogP contribution in [-0.2, 0) is 6.42 Å². The fourth-order valence-electron chi connectivity index (χ4n) is 2.77. The van der Waals surface area contributed by atoms with Crippen molar-refractivity contribution in [1.29, 1.82) is 0 Å². The number of aromatic amines is 2. The van der Waals surface area contributed by atoms with Gasteiger partial charge in [0, 0.05) is 11.4 Å². The summed E-state index contributed by atoms with van der Waals surface area (Å²) in [6.45, 7) is 4.44. The molecule has 2 rings (SSSR count). The van der Waals surface area contributed by atoms with Gasteiger partial charge in [-0.2, -0.15) is 0 Å². The molecule has 1 aromatic rings. The molecule has 0 bridgehead atoms. The van der Waals surface area contributed by atoms with Crippen LogP contribution in [0.5, 0.6) is 0 Å². The fraction of sp³-hybridized carbons (Fsp3) is 0.769. The van der Waals surface area contributed by atoms with Crippen molar-refractivity contribution in [2.24, 2.45) is 5.92 Å². The molecule has 0 aromatic carbocycles. The first kappa shape index (κ1) is 11.9. The van der Waals surface area contributed by atoms with Crippen LogP contribution < -0.4 is 0 Å². The van der Waals surface area contributed by atoms with E-state index in [1.807, 2.05) is 0 Å². The predicted octanol–water partition coefficient (Wildman–Crippen LogP) is 4.32. The minimum absolute atomic E-state index is 0.534. The Hall–Kier alpha value is -0.570. The molecule has 1 aliphatic rings. The average Bonchev–Trinajstić information content (AvgIpc) is 2.61. The van der Waals surface area contributed by atoms with Gasteiger partial charge in [0.25, 0.3) is 0 Å². The van der Waals surface area contributed by atoms with Gasteiger partial charge in [0.15, 0.2) is 4.77 Å². The first-order valence-electron chi connectivity index (χ1n) is 6.48. The molecule has 1 fully saturated rings. The zero-order valence-corrected chi connectivity index (χ0v) is 11.1. The van der Waals surface area contributed by atoms with Crippen LogP contribution in [0.1, 0.15) is 63.3 Å². The van der Waals surface area contributed by atoms with Crippen LogP contribution in [0.15, 0.2) is 0 Å². The highest BCUT2D eigenvalue weighted by Gasteiger charge is 2.17. The van der Waals surface area contributed by atoms with Crippen molar-refractivity contribution in [3.05, 3.63) is 16.2 Å². The van der Waals surface area contributed by atoms with Gasteiger partial charge in [-0.3, -0.25) is 0 Å². The molecule has 0 spiro atoms. The number of aromatic nitrogens is 2. The summed E-state index contributed by atoms with van der Waals surface area (Å²) in [6.07, 6.45) is 8.21. The van der Waals surface area contributed by atoms with Crippen LogP contribution in [0.25, 0.3) is 0 Å². The molecule has 0 aliphatic heterocycles. The molecule has 3 heteroatoms. The highest BCUT2D eigenvalue weighted by atomic mass is 32.1. The Morgan fingerprint density at radius 2 is 1.88 bits per heavy atom. The molecule has 0 atom stereocenters. The topological polar surface area (TPSA) is 31.6 Å². The first-order chi connectivity index (χ1) is 7.66. The highest BCUT2D eigenvalue weighted by molar-refractivity contribution is 7.71. The summed E-state index contributed by atoms with van der Waals surface area (Å²) >= 11 is 5.20. The van der Waals surface area contributed by atoms with Crippen molar-refractivity contribution in [1.82, 2.24) is 9.97 Å². The third-order valence-corrected chi connectivity index (χ3v) is 3.84. The van der Waals surface area contributed by atoms with Crippen LogP contribution in [-0.4, -0.2) is 9.97 Å². The molecular weight excluding hydrogens is 216 g/mol. The van der Waals surface area contributed by atoms with E-state index in [2.05, 4.69) is 23.8 Å². The first-order valence-corrected chi connectivity index (χ1v) is 6.88. The second kappa shape index (κ2) is 5.17. The smallest absolute Gasteiger partial charge is 0.174 e. The number of imidazole rings is 1. The second-order valence-corrected chi connectivity index (χ2v) is 5.74. The van der Waals surface area contributed by atoms with Gasteiger partial charge in [-0.15, -0.1) is 0 Å². The Bertz CT molecular complexity index is 383. The number of hydrogen-bond acceptors (Lipinski definition) is 1. The van der Waals surface area contributed by atoms with Crippen molar-refractivity contribution >= 4 is 12.2 Å². The molecule has 1 aliphatic carbocycles. The Labute approximate surface area is 103 Å².